The smallest absolute Gasteiger partial charge is 0.264 e. The number of hydrogen-bond donors (Lipinski definition) is 1. The molecule has 0 spiro atoms. The Bertz CT molecular complexity index is 953. The van der Waals surface area contributed by atoms with Crippen molar-refractivity contribution >= 4 is 64.0 Å². The van der Waals surface area contributed by atoms with Crippen LogP contribution in [0.25, 0.3) is 6.08 Å². The molecular formula is C19H16Cl2N4OS. The Morgan fingerprint density at radius 3 is 2.52 bits per heavy atom. The zero-order valence-electron chi connectivity index (χ0n) is 14.6. The van der Waals surface area contributed by atoms with Gasteiger partial charge in [0, 0.05) is 30.4 Å². The standard InChI is InChI=1S/C19H16Cl2N4OS/c1-25(2)15-7-3-12(4-8-15)9-17-18(26)23-19(27-17)24-22-11-13-5-6-14(20)10-16(13)21/h3-11H,1-2H3,(H,23,24,26)/b17-9+,22-11+. The maximum atomic E-state index is 12.1. The summed E-state index contributed by atoms with van der Waals surface area (Å²) in [5.41, 5.74) is 2.73. The normalized spacial score (nSPS) is 17.1. The van der Waals surface area contributed by atoms with Gasteiger partial charge in [0.05, 0.1) is 16.1 Å². The number of amidine groups is 1. The van der Waals surface area contributed by atoms with Crippen LogP contribution in [0.4, 0.5) is 5.69 Å². The maximum Gasteiger partial charge on any atom is 0.264 e. The zero-order valence-corrected chi connectivity index (χ0v) is 16.9. The Hall–Kier alpha value is -2.28. The first-order valence-corrected chi connectivity index (χ1v) is 9.54. The molecular weight excluding hydrogens is 403 g/mol. The van der Waals surface area contributed by atoms with E-state index in [9.17, 15) is 4.79 Å². The Balaban J connectivity index is 1.70. The Labute approximate surface area is 171 Å². The molecule has 2 aromatic carbocycles. The van der Waals surface area contributed by atoms with Gasteiger partial charge in [0.25, 0.3) is 5.91 Å². The number of carbonyl (C=O) groups is 1. The van der Waals surface area contributed by atoms with Crippen LogP contribution in [0.15, 0.2) is 57.6 Å². The van der Waals surface area contributed by atoms with Crippen LogP contribution >= 0.6 is 35.0 Å². The molecule has 138 valence electrons. The minimum absolute atomic E-state index is 0.199. The van der Waals surface area contributed by atoms with Crippen LogP contribution in [0, 0.1) is 0 Å². The summed E-state index contributed by atoms with van der Waals surface area (Å²) >= 11 is 13.2. The number of hydrogen-bond acceptors (Lipinski definition) is 5. The minimum Gasteiger partial charge on any atom is -0.378 e. The highest BCUT2D eigenvalue weighted by Crippen LogP contribution is 2.26. The predicted molar refractivity (Wildman–Crippen MR) is 116 cm³/mol. The van der Waals surface area contributed by atoms with E-state index in [1.807, 2.05) is 49.3 Å². The number of nitrogens with zero attached hydrogens (tertiary/aromatic N) is 3. The van der Waals surface area contributed by atoms with E-state index in [1.165, 1.54) is 18.0 Å². The van der Waals surface area contributed by atoms with Gasteiger partial charge in [-0.3, -0.25) is 10.1 Å². The molecule has 1 aliphatic rings. The van der Waals surface area contributed by atoms with Crippen molar-refractivity contribution < 1.29 is 4.79 Å². The molecule has 1 amide bonds. The molecule has 1 aliphatic heterocycles. The summed E-state index contributed by atoms with van der Waals surface area (Å²) in [7, 11) is 3.96. The summed E-state index contributed by atoms with van der Waals surface area (Å²) in [6.45, 7) is 0. The SMILES string of the molecule is CN(C)c1ccc(/C=C2/S/C(=N/N=C/c3ccc(Cl)cc3Cl)NC2=O)cc1. The van der Waals surface area contributed by atoms with Gasteiger partial charge < -0.3 is 4.90 Å². The van der Waals surface area contributed by atoms with Gasteiger partial charge in [0.1, 0.15) is 0 Å². The monoisotopic (exact) mass is 418 g/mol. The first-order valence-electron chi connectivity index (χ1n) is 7.97. The van der Waals surface area contributed by atoms with Gasteiger partial charge in [-0.15, -0.1) is 5.10 Å². The second-order valence-corrected chi connectivity index (χ2v) is 7.74. The average molecular weight is 419 g/mol. The second kappa shape index (κ2) is 8.61. The van der Waals surface area contributed by atoms with E-state index in [2.05, 4.69) is 15.5 Å². The summed E-state index contributed by atoms with van der Waals surface area (Å²) in [5.74, 6) is -0.199. The quantitative estimate of drug-likeness (QED) is 0.446. The van der Waals surface area contributed by atoms with E-state index in [1.54, 1.807) is 18.2 Å². The lowest BCUT2D eigenvalue weighted by Gasteiger charge is -2.11. The van der Waals surface area contributed by atoms with E-state index < -0.39 is 0 Å². The molecule has 1 N–H and O–H groups in total. The topological polar surface area (TPSA) is 57.1 Å². The molecule has 3 rings (SSSR count). The van der Waals surface area contributed by atoms with Crippen LogP contribution in [-0.2, 0) is 4.79 Å². The van der Waals surface area contributed by atoms with E-state index >= 15 is 0 Å². The fraction of sp³-hybridized carbons (Fsp3) is 0.105. The van der Waals surface area contributed by atoms with Gasteiger partial charge in [-0.2, -0.15) is 5.10 Å². The van der Waals surface area contributed by atoms with Crippen molar-refractivity contribution in [2.45, 2.75) is 0 Å². The van der Waals surface area contributed by atoms with Crippen LogP contribution in [0.2, 0.25) is 10.0 Å². The lowest BCUT2D eigenvalue weighted by atomic mass is 10.2. The van der Waals surface area contributed by atoms with E-state index in [4.69, 9.17) is 23.2 Å². The number of rotatable bonds is 4. The molecule has 0 radical (unpaired) electrons. The van der Waals surface area contributed by atoms with Crippen molar-refractivity contribution in [1.82, 2.24) is 5.32 Å². The molecule has 27 heavy (non-hydrogen) atoms. The average Bonchev–Trinajstić information content (AvgIpc) is 2.97. The van der Waals surface area contributed by atoms with Crippen molar-refractivity contribution in [2.75, 3.05) is 19.0 Å². The molecule has 5 nitrogen and oxygen atoms in total. The minimum atomic E-state index is -0.199. The highest BCUT2D eigenvalue weighted by molar-refractivity contribution is 8.18. The second-order valence-electron chi connectivity index (χ2n) is 5.87. The van der Waals surface area contributed by atoms with Gasteiger partial charge >= 0.3 is 0 Å². The number of halogens is 2. The van der Waals surface area contributed by atoms with Crippen LogP contribution in [-0.4, -0.2) is 31.4 Å². The molecule has 0 bridgehead atoms. The number of nitrogens with one attached hydrogen (secondary N) is 1. The van der Waals surface area contributed by atoms with Crippen molar-refractivity contribution in [3.63, 3.8) is 0 Å². The molecule has 2 aromatic rings. The molecule has 0 aliphatic carbocycles. The van der Waals surface area contributed by atoms with Crippen molar-refractivity contribution in [1.29, 1.82) is 0 Å². The number of amides is 1. The summed E-state index contributed by atoms with van der Waals surface area (Å²) in [6.07, 6.45) is 3.34. The van der Waals surface area contributed by atoms with Crippen molar-refractivity contribution in [3.8, 4) is 0 Å². The van der Waals surface area contributed by atoms with Crippen molar-refractivity contribution in [3.05, 3.63) is 68.5 Å². The number of anilines is 1. The lowest BCUT2D eigenvalue weighted by molar-refractivity contribution is -0.115. The third kappa shape index (κ3) is 5.13. The molecule has 1 fully saturated rings. The Morgan fingerprint density at radius 1 is 1.11 bits per heavy atom. The van der Waals surface area contributed by atoms with Gasteiger partial charge in [-0.05, 0) is 47.7 Å². The third-order valence-corrected chi connectivity index (χ3v) is 5.13. The summed E-state index contributed by atoms with van der Waals surface area (Å²) < 4.78 is 0. The first kappa shape index (κ1) is 19.5. The van der Waals surface area contributed by atoms with Crippen LogP contribution < -0.4 is 10.2 Å². The highest BCUT2D eigenvalue weighted by atomic mass is 35.5. The molecule has 1 heterocycles. The van der Waals surface area contributed by atoms with Gasteiger partial charge in [-0.25, -0.2) is 0 Å². The Kier molecular flexibility index (Phi) is 6.21. The fourth-order valence-electron chi connectivity index (χ4n) is 2.24. The maximum absolute atomic E-state index is 12.1. The van der Waals surface area contributed by atoms with E-state index in [-0.39, 0.29) is 5.91 Å². The molecule has 0 atom stereocenters. The van der Waals surface area contributed by atoms with Crippen LogP contribution in [0.1, 0.15) is 11.1 Å². The van der Waals surface area contributed by atoms with Crippen molar-refractivity contribution in [2.24, 2.45) is 10.2 Å². The van der Waals surface area contributed by atoms with E-state index in [0.717, 1.165) is 11.3 Å². The van der Waals surface area contributed by atoms with Gasteiger partial charge in [-0.1, -0.05) is 41.4 Å². The molecule has 0 aromatic heterocycles. The van der Waals surface area contributed by atoms with Gasteiger partial charge in [0.15, 0.2) is 5.17 Å². The number of benzene rings is 2. The molecule has 0 saturated carbocycles. The van der Waals surface area contributed by atoms with E-state index in [0.29, 0.717) is 25.7 Å². The highest BCUT2D eigenvalue weighted by Gasteiger charge is 2.23. The predicted octanol–water partition coefficient (Wildman–Crippen LogP) is 4.65. The number of thioether (sulfide) groups is 1. The fourth-order valence-corrected chi connectivity index (χ4v) is 3.48. The zero-order chi connectivity index (χ0) is 19.4. The van der Waals surface area contributed by atoms with Crippen LogP contribution in [0.5, 0.6) is 0 Å². The first-order chi connectivity index (χ1) is 12.9. The third-order valence-electron chi connectivity index (χ3n) is 3.67. The molecule has 8 heteroatoms. The van der Waals surface area contributed by atoms with Gasteiger partial charge in [0.2, 0.25) is 0 Å². The summed E-state index contributed by atoms with van der Waals surface area (Å²) in [4.78, 5) is 14.7. The molecule has 0 unspecified atom stereocenters. The van der Waals surface area contributed by atoms with Crippen LogP contribution in [0.3, 0.4) is 0 Å². The Morgan fingerprint density at radius 2 is 1.85 bits per heavy atom. The summed E-state index contributed by atoms with van der Waals surface area (Å²) in [5, 5.41) is 12.2. The number of carbonyl (C=O) groups excluding carboxylic acids is 1. The lowest BCUT2D eigenvalue weighted by Crippen LogP contribution is -2.19. The molecule has 1 saturated heterocycles. The largest absolute Gasteiger partial charge is 0.378 e. The summed E-state index contributed by atoms with van der Waals surface area (Å²) in [6, 6.07) is 13.0.